The van der Waals surface area contributed by atoms with Gasteiger partial charge in [0.1, 0.15) is 4.90 Å². The van der Waals surface area contributed by atoms with Crippen LogP contribution in [0.25, 0.3) is 0 Å². The zero-order valence-corrected chi connectivity index (χ0v) is 22.5. The molecule has 0 saturated heterocycles. The van der Waals surface area contributed by atoms with Gasteiger partial charge in [-0.2, -0.15) is 0 Å². The van der Waals surface area contributed by atoms with Gasteiger partial charge in [0.25, 0.3) is 0 Å². The topological polar surface area (TPSA) is 40.1 Å². The number of aliphatic carboxylic acids is 1. The number of carboxylic acids is 1. The van der Waals surface area contributed by atoms with E-state index in [1.54, 1.807) is 6.92 Å². The predicted octanol–water partition coefficient (Wildman–Crippen LogP) is 6.87. The highest BCUT2D eigenvalue weighted by molar-refractivity contribution is 7.58. The second-order valence-electron chi connectivity index (χ2n) is 9.42. The molecule has 0 amide bonds. The number of unbranched alkanes of at least 4 members (excludes halogenated alkanes) is 8. The maximum atomic E-state index is 11.5. The SMILES string of the molecule is CC(C(=O)[O-])(c1ccccc1)c1ccccc1.CCCCCCCCCCCc1ccc([SH2+])cc1. The van der Waals surface area contributed by atoms with Crippen LogP contribution in [0, 0.1) is 0 Å². The molecule has 0 spiro atoms. The quantitative estimate of drug-likeness (QED) is 0.194. The molecule has 0 bridgehead atoms. The van der Waals surface area contributed by atoms with E-state index in [9.17, 15) is 9.90 Å². The van der Waals surface area contributed by atoms with Crippen molar-refractivity contribution in [1.29, 1.82) is 0 Å². The minimum Gasteiger partial charge on any atom is -0.549 e. The van der Waals surface area contributed by atoms with Crippen LogP contribution in [0.15, 0.2) is 89.8 Å². The molecule has 0 atom stereocenters. The van der Waals surface area contributed by atoms with Crippen molar-refractivity contribution in [3.8, 4) is 0 Å². The van der Waals surface area contributed by atoms with E-state index >= 15 is 0 Å². The fourth-order valence-corrected chi connectivity index (χ4v) is 4.42. The van der Waals surface area contributed by atoms with Gasteiger partial charge in [-0.05, 0) is 61.2 Å². The second-order valence-corrected chi connectivity index (χ2v) is 10.00. The minimum absolute atomic E-state index is 0.728. The van der Waals surface area contributed by atoms with Gasteiger partial charge < -0.3 is 9.90 Å². The van der Waals surface area contributed by atoms with E-state index in [1.165, 1.54) is 74.7 Å². The highest BCUT2D eigenvalue weighted by Crippen LogP contribution is 2.31. The van der Waals surface area contributed by atoms with Crippen LogP contribution >= 0.6 is 0 Å². The van der Waals surface area contributed by atoms with E-state index in [2.05, 4.69) is 43.8 Å². The molecule has 35 heavy (non-hydrogen) atoms. The molecule has 3 aromatic rings. The third-order valence-corrected chi connectivity index (χ3v) is 6.97. The van der Waals surface area contributed by atoms with Crippen LogP contribution in [-0.4, -0.2) is 5.97 Å². The van der Waals surface area contributed by atoms with E-state index < -0.39 is 11.4 Å². The van der Waals surface area contributed by atoms with Gasteiger partial charge in [-0.1, -0.05) is 131 Å². The number of rotatable bonds is 13. The molecule has 0 heterocycles. The summed E-state index contributed by atoms with van der Waals surface area (Å²) in [6, 6.07) is 27.0. The molecule has 3 heteroatoms. The molecule has 0 aliphatic carbocycles. The van der Waals surface area contributed by atoms with Gasteiger partial charge in [0.05, 0.1) is 11.4 Å². The van der Waals surface area contributed by atoms with E-state index in [1.807, 2.05) is 60.7 Å². The average molecular weight is 491 g/mol. The van der Waals surface area contributed by atoms with Crippen molar-refractivity contribution in [2.75, 3.05) is 0 Å². The maximum absolute atomic E-state index is 11.5. The summed E-state index contributed by atoms with van der Waals surface area (Å²) in [6.07, 6.45) is 13.9. The number of hydrogen-bond acceptors (Lipinski definition) is 2. The van der Waals surface area contributed by atoms with Crippen LogP contribution in [0.1, 0.15) is 88.3 Å². The Bertz CT molecular complexity index is 912. The molecule has 0 unspecified atom stereocenters. The van der Waals surface area contributed by atoms with Crippen LogP contribution < -0.4 is 5.11 Å². The number of aryl methyl sites for hydroxylation is 1. The van der Waals surface area contributed by atoms with Crippen LogP contribution in [0.2, 0.25) is 0 Å². The fourth-order valence-electron chi connectivity index (χ4n) is 4.26. The first-order valence-electron chi connectivity index (χ1n) is 13.1. The van der Waals surface area contributed by atoms with Gasteiger partial charge >= 0.3 is 0 Å². The van der Waals surface area contributed by atoms with Crippen molar-refractivity contribution in [2.45, 2.75) is 88.4 Å². The first-order valence-corrected chi connectivity index (χ1v) is 13.6. The molecule has 0 radical (unpaired) electrons. The lowest BCUT2D eigenvalue weighted by atomic mass is 9.76. The predicted molar refractivity (Wildman–Crippen MR) is 150 cm³/mol. The van der Waals surface area contributed by atoms with Crippen molar-refractivity contribution in [3.05, 3.63) is 102 Å². The first-order chi connectivity index (χ1) is 17.0. The van der Waals surface area contributed by atoms with Crippen molar-refractivity contribution >= 4 is 18.6 Å². The lowest BCUT2D eigenvalue weighted by molar-refractivity contribution is -0.311. The normalized spacial score (nSPS) is 10.9. The van der Waals surface area contributed by atoms with E-state index in [0.717, 1.165) is 11.1 Å². The zero-order chi connectivity index (χ0) is 25.4. The van der Waals surface area contributed by atoms with Gasteiger partial charge in [0, 0.05) is 0 Å². The Morgan fingerprint density at radius 3 is 1.54 bits per heavy atom. The van der Waals surface area contributed by atoms with Crippen molar-refractivity contribution in [2.24, 2.45) is 0 Å². The molecule has 3 rings (SSSR count). The highest BCUT2D eigenvalue weighted by Gasteiger charge is 2.30. The number of hydrogen-bond donors (Lipinski definition) is 0. The number of carboxylic acid groups (broad SMARTS) is 1. The number of carbonyl (C=O) groups excluding carboxylic acids is 1. The van der Waals surface area contributed by atoms with Gasteiger partial charge in [-0.3, -0.25) is 0 Å². The molecular formula is C32H42O2S. The second kappa shape index (κ2) is 16.2. The Balaban J connectivity index is 0.000000247. The smallest absolute Gasteiger partial charge is 0.150 e. The Labute approximate surface area is 218 Å². The highest BCUT2D eigenvalue weighted by atomic mass is 32.1. The molecule has 188 valence electrons. The monoisotopic (exact) mass is 490 g/mol. The standard InChI is InChI=1S/C17H28S.C15H14O2/c1-2-3-4-5-6-7-8-9-10-11-16-12-14-17(18)15-13-16;1-15(14(16)17,12-8-4-2-5-9-12)13-10-6-3-7-11-13/h12-15,18H,2-11H2,1H3;2-11H,1H3,(H,16,17). The van der Waals surface area contributed by atoms with Crippen LogP contribution in [0.5, 0.6) is 0 Å². The van der Waals surface area contributed by atoms with E-state index in [0.29, 0.717) is 0 Å². The number of carbonyl (C=O) groups is 1. The molecule has 0 N–H and O–H groups in total. The molecule has 0 aromatic heterocycles. The lowest BCUT2D eigenvalue weighted by Crippen LogP contribution is -2.44. The van der Waals surface area contributed by atoms with Gasteiger partial charge in [0.15, 0.2) is 0 Å². The lowest BCUT2D eigenvalue weighted by Gasteiger charge is -2.31. The zero-order valence-electron chi connectivity index (χ0n) is 21.5. The third-order valence-electron chi connectivity index (χ3n) is 6.63. The van der Waals surface area contributed by atoms with Gasteiger partial charge in [-0.15, -0.1) is 0 Å². The van der Waals surface area contributed by atoms with Crippen molar-refractivity contribution in [3.63, 3.8) is 0 Å². The summed E-state index contributed by atoms with van der Waals surface area (Å²) >= 11 is 3.52. The summed E-state index contributed by atoms with van der Waals surface area (Å²) in [6.45, 7) is 3.95. The average Bonchev–Trinajstić information content (AvgIpc) is 2.89. The summed E-state index contributed by atoms with van der Waals surface area (Å²) in [5, 5.41) is 11.5. The van der Waals surface area contributed by atoms with Crippen LogP contribution in [0.4, 0.5) is 0 Å². The summed E-state index contributed by atoms with van der Waals surface area (Å²) in [7, 11) is 0. The fraction of sp³-hybridized carbons (Fsp3) is 0.406. The summed E-state index contributed by atoms with van der Waals surface area (Å²) < 4.78 is 0. The molecule has 0 saturated carbocycles. The number of benzene rings is 3. The Morgan fingerprint density at radius 2 is 1.11 bits per heavy atom. The maximum Gasteiger partial charge on any atom is 0.150 e. The Hall–Kier alpha value is -2.52. The molecule has 0 aliphatic rings. The Morgan fingerprint density at radius 1 is 0.686 bits per heavy atom. The third kappa shape index (κ3) is 9.93. The largest absolute Gasteiger partial charge is 0.549 e. The van der Waals surface area contributed by atoms with E-state index in [4.69, 9.17) is 0 Å². The summed E-state index contributed by atoms with van der Waals surface area (Å²) in [5.41, 5.74) is 1.82. The molecule has 0 aliphatic heterocycles. The molecule has 3 aromatic carbocycles. The van der Waals surface area contributed by atoms with Crippen molar-refractivity contribution < 1.29 is 9.90 Å². The first kappa shape index (κ1) is 28.7. The van der Waals surface area contributed by atoms with Crippen molar-refractivity contribution in [1.82, 2.24) is 0 Å². The minimum atomic E-state index is -1.11. The molecule has 2 nitrogen and oxygen atoms in total. The van der Waals surface area contributed by atoms with Gasteiger partial charge in [-0.25, -0.2) is 0 Å². The van der Waals surface area contributed by atoms with Crippen LogP contribution in [-0.2, 0) is 29.3 Å². The van der Waals surface area contributed by atoms with E-state index in [-0.39, 0.29) is 0 Å². The van der Waals surface area contributed by atoms with Gasteiger partial charge in [0.2, 0.25) is 0 Å². The molecule has 0 fully saturated rings. The van der Waals surface area contributed by atoms with Crippen LogP contribution in [0.3, 0.4) is 0 Å². The summed E-state index contributed by atoms with van der Waals surface area (Å²) in [4.78, 5) is 12.7. The molecular weight excluding hydrogens is 448 g/mol. The summed E-state index contributed by atoms with van der Waals surface area (Å²) in [5.74, 6) is -1.09. The Kier molecular flexibility index (Phi) is 13.3.